The van der Waals surface area contributed by atoms with Crippen molar-refractivity contribution in [2.24, 2.45) is 5.92 Å². The predicted octanol–water partition coefficient (Wildman–Crippen LogP) is 4.14. The predicted molar refractivity (Wildman–Crippen MR) is 69.4 cm³/mol. The Morgan fingerprint density at radius 2 is 2.06 bits per heavy atom. The molecular weight excluding hydrogens is 264 g/mol. The summed E-state index contributed by atoms with van der Waals surface area (Å²) in [6, 6.07) is 8.33. The van der Waals surface area contributed by atoms with E-state index in [9.17, 15) is 4.79 Å². The Hall–Kier alpha value is -0.630. The molecule has 1 nitrogen and oxygen atoms in total. The number of hydrogen-bond acceptors (Lipinski definition) is 1. The van der Waals surface area contributed by atoms with Crippen molar-refractivity contribution >= 4 is 21.7 Å². The normalized spacial score (nSPS) is 21.8. The monoisotopic (exact) mass is 280 g/mol. The third kappa shape index (κ3) is 3.18. The summed E-state index contributed by atoms with van der Waals surface area (Å²) in [4.78, 5) is 11.6. The molecule has 16 heavy (non-hydrogen) atoms. The highest BCUT2D eigenvalue weighted by atomic mass is 79.9. The fourth-order valence-corrected chi connectivity index (χ4v) is 2.88. The van der Waals surface area contributed by atoms with Gasteiger partial charge < -0.3 is 0 Å². The topological polar surface area (TPSA) is 17.1 Å². The van der Waals surface area contributed by atoms with Crippen LogP contribution in [0.1, 0.15) is 37.7 Å². The molecule has 1 aromatic rings. The van der Waals surface area contributed by atoms with E-state index in [1.165, 1.54) is 22.9 Å². The number of rotatable bonds is 2. The lowest BCUT2D eigenvalue weighted by Gasteiger charge is -2.14. The Morgan fingerprint density at radius 3 is 2.88 bits per heavy atom. The number of Topliss-reactive ketones (excluding diaryl/α,β-unsaturated/α-hetero) is 1. The van der Waals surface area contributed by atoms with Crippen LogP contribution in [-0.4, -0.2) is 5.78 Å². The lowest BCUT2D eigenvalue weighted by molar-refractivity contribution is -0.119. The van der Waals surface area contributed by atoms with Crippen LogP contribution < -0.4 is 0 Å². The fraction of sp³-hybridized carbons (Fsp3) is 0.500. The smallest absolute Gasteiger partial charge is 0.133 e. The summed E-state index contributed by atoms with van der Waals surface area (Å²) in [5.74, 6) is 1.00. The average Bonchev–Trinajstić information content (AvgIpc) is 2.46. The molecule has 2 rings (SSSR count). The van der Waals surface area contributed by atoms with E-state index in [-0.39, 0.29) is 0 Å². The molecule has 86 valence electrons. The molecule has 1 atom stereocenters. The van der Waals surface area contributed by atoms with Crippen LogP contribution in [0.5, 0.6) is 0 Å². The molecule has 0 spiro atoms. The largest absolute Gasteiger partial charge is 0.300 e. The van der Waals surface area contributed by atoms with E-state index in [1.54, 1.807) is 0 Å². The van der Waals surface area contributed by atoms with Crippen LogP contribution in [0.3, 0.4) is 0 Å². The van der Waals surface area contributed by atoms with E-state index < -0.39 is 0 Å². The number of carbonyl (C=O) groups excluding carboxylic acids is 1. The van der Waals surface area contributed by atoms with Crippen molar-refractivity contribution in [3.05, 3.63) is 34.3 Å². The molecule has 0 bridgehead atoms. The van der Waals surface area contributed by atoms with Gasteiger partial charge in [-0.05, 0) is 36.8 Å². The summed E-state index contributed by atoms with van der Waals surface area (Å²) in [5, 5.41) is 0. The molecule has 1 aliphatic carbocycles. The lowest BCUT2D eigenvalue weighted by atomic mass is 9.92. The maximum Gasteiger partial charge on any atom is 0.133 e. The van der Waals surface area contributed by atoms with Crippen LogP contribution in [0, 0.1) is 5.92 Å². The maximum atomic E-state index is 11.6. The maximum absolute atomic E-state index is 11.6. The van der Waals surface area contributed by atoms with Crippen LogP contribution in [0.15, 0.2) is 28.7 Å². The van der Waals surface area contributed by atoms with Gasteiger partial charge in [-0.2, -0.15) is 0 Å². The van der Waals surface area contributed by atoms with E-state index in [1.807, 2.05) is 6.07 Å². The molecule has 1 aliphatic rings. The zero-order valence-electron chi connectivity index (χ0n) is 9.42. The molecule has 0 amide bonds. The summed E-state index contributed by atoms with van der Waals surface area (Å²) in [7, 11) is 0. The minimum atomic E-state index is 0.453. The van der Waals surface area contributed by atoms with Crippen molar-refractivity contribution in [1.82, 2.24) is 0 Å². The molecule has 1 unspecified atom stereocenters. The summed E-state index contributed by atoms with van der Waals surface area (Å²) in [6.45, 7) is 0. The molecular formula is C14H17BrO. The van der Waals surface area contributed by atoms with Gasteiger partial charge in [0.05, 0.1) is 0 Å². The summed E-state index contributed by atoms with van der Waals surface area (Å²) in [6.07, 6.45) is 6.11. The van der Waals surface area contributed by atoms with Crippen molar-refractivity contribution < 1.29 is 4.79 Å². The van der Waals surface area contributed by atoms with Crippen LogP contribution in [0.25, 0.3) is 0 Å². The van der Waals surface area contributed by atoms with Gasteiger partial charge in [-0.3, -0.25) is 4.79 Å². The van der Waals surface area contributed by atoms with Crippen LogP contribution >= 0.6 is 15.9 Å². The molecule has 0 N–H and O–H groups in total. The van der Waals surface area contributed by atoms with E-state index in [2.05, 4.69) is 34.1 Å². The SMILES string of the molecule is O=C1CCCCC(Cc2ccccc2Br)C1. The van der Waals surface area contributed by atoms with Crippen LogP contribution in [-0.2, 0) is 11.2 Å². The number of hydrogen-bond donors (Lipinski definition) is 0. The molecule has 0 aromatic heterocycles. The fourth-order valence-electron chi connectivity index (χ4n) is 2.43. The minimum absolute atomic E-state index is 0.453. The van der Waals surface area contributed by atoms with Gasteiger partial charge in [-0.1, -0.05) is 40.5 Å². The number of ketones is 1. The van der Waals surface area contributed by atoms with Crippen molar-refractivity contribution in [1.29, 1.82) is 0 Å². The highest BCUT2D eigenvalue weighted by molar-refractivity contribution is 9.10. The molecule has 0 radical (unpaired) electrons. The second-order valence-electron chi connectivity index (χ2n) is 4.65. The van der Waals surface area contributed by atoms with Crippen molar-refractivity contribution in [3.8, 4) is 0 Å². The summed E-state index contributed by atoms with van der Waals surface area (Å²) in [5.41, 5.74) is 1.34. The zero-order valence-corrected chi connectivity index (χ0v) is 11.0. The Bertz CT molecular complexity index is 373. The molecule has 1 saturated carbocycles. The molecule has 2 heteroatoms. The van der Waals surface area contributed by atoms with Gasteiger partial charge in [-0.25, -0.2) is 0 Å². The van der Waals surface area contributed by atoms with Gasteiger partial charge in [-0.15, -0.1) is 0 Å². The Labute approximate surface area is 105 Å². The quantitative estimate of drug-likeness (QED) is 0.744. The van der Waals surface area contributed by atoms with Crippen LogP contribution in [0.2, 0.25) is 0 Å². The van der Waals surface area contributed by atoms with E-state index in [4.69, 9.17) is 0 Å². The van der Waals surface area contributed by atoms with E-state index in [0.29, 0.717) is 11.7 Å². The standard InChI is InChI=1S/C14H17BrO/c15-14-8-4-2-6-12(14)9-11-5-1-3-7-13(16)10-11/h2,4,6,8,11H,1,3,5,7,9-10H2. The average molecular weight is 281 g/mol. The first-order chi connectivity index (χ1) is 7.75. The van der Waals surface area contributed by atoms with Crippen molar-refractivity contribution in [2.45, 2.75) is 38.5 Å². The third-order valence-corrected chi connectivity index (χ3v) is 4.07. The van der Waals surface area contributed by atoms with Gasteiger partial charge in [0.25, 0.3) is 0 Å². The highest BCUT2D eigenvalue weighted by Gasteiger charge is 2.18. The molecule has 1 aromatic carbocycles. The Kier molecular flexibility index (Phi) is 4.16. The lowest BCUT2D eigenvalue weighted by Crippen LogP contribution is -2.08. The first-order valence-electron chi connectivity index (χ1n) is 6.01. The van der Waals surface area contributed by atoms with Gasteiger partial charge in [0.15, 0.2) is 0 Å². The minimum Gasteiger partial charge on any atom is -0.300 e. The number of halogens is 1. The first-order valence-corrected chi connectivity index (χ1v) is 6.80. The Balaban J connectivity index is 2.03. The molecule has 0 heterocycles. The second-order valence-corrected chi connectivity index (χ2v) is 5.50. The number of benzene rings is 1. The number of carbonyl (C=O) groups is 1. The third-order valence-electron chi connectivity index (χ3n) is 3.30. The first kappa shape index (κ1) is 11.8. The highest BCUT2D eigenvalue weighted by Crippen LogP contribution is 2.27. The molecule has 0 saturated heterocycles. The Morgan fingerprint density at radius 1 is 1.25 bits per heavy atom. The van der Waals surface area contributed by atoms with E-state index >= 15 is 0 Å². The summed E-state index contributed by atoms with van der Waals surface area (Å²) >= 11 is 3.57. The van der Waals surface area contributed by atoms with Crippen LogP contribution in [0.4, 0.5) is 0 Å². The second kappa shape index (κ2) is 5.62. The van der Waals surface area contributed by atoms with Crippen molar-refractivity contribution in [3.63, 3.8) is 0 Å². The summed E-state index contributed by atoms with van der Waals surface area (Å²) < 4.78 is 1.17. The van der Waals surface area contributed by atoms with E-state index in [0.717, 1.165) is 25.7 Å². The molecule has 0 aliphatic heterocycles. The van der Waals surface area contributed by atoms with Gasteiger partial charge in [0.2, 0.25) is 0 Å². The van der Waals surface area contributed by atoms with Gasteiger partial charge in [0, 0.05) is 17.3 Å². The van der Waals surface area contributed by atoms with Gasteiger partial charge in [0.1, 0.15) is 5.78 Å². The van der Waals surface area contributed by atoms with Gasteiger partial charge >= 0.3 is 0 Å². The molecule has 1 fully saturated rings. The zero-order chi connectivity index (χ0) is 11.4. The van der Waals surface area contributed by atoms with Crippen molar-refractivity contribution in [2.75, 3.05) is 0 Å².